The van der Waals surface area contributed by atoms with E-state index in [1.807, 2.05) is 19.2 Å². The predicted molar refractivity (Wildman–Crippen MR) is 94.0 cm³/mol. The first-order valence-corrected chi connectivity index (χ1v) is 8.06. The molecule has 114 valence electrons. The van der Waals surface area contributed by atoms with Gasteiger partial charge in [0.1, 0.15) is 0 Å². The number of fused-ring (bicyclic) bond motifs is 1. The molecular weight excluding hydrogens is 278 g/mol. The zero-order valence-electron chi connectivity index (χ0n) is 13.7. The highest BCUT2D eigenvalue weighted by atomic mass is 35.5. The van der Waals surface area contributed by atoms with E-state index in [1.54, 1.807) is 0 Å². The zero-order chi connectivity index (χ0) is 15.6. The summed E-state index contributed by atoms with van der Waals surface area (Å²) in [4.78, 5) is 0. The average Bonchev–Trinajstić information content (AvgIpc) is 2.45. The molecule has 1 N–H and O–H groups in total. The summed E-state index contributed by atoms with van der Waals surface area (Å²) in [7, 11) is 2.05. The minimum atomic E-state index is 0.317. The Morgan fingerprint density at radius 2 is 1.67 bits per heavy atom. The second kappa shape index (κ2) is 6.37. The van der Waals surface area contributed by atoms with Crippen LogP contribution in [0.3, 0.4) is 0 Å². The minimum absolute atomic E-state index is 0.317. The molecule has 2 atom stereocenters. The van der Waals surface area contributed by atoms with Gasteiger partial charge in [-0.2, -0.15) is 0 Å². The molecule has 0 bridgehead atoms. The van der Waals surface area contributed by atoms with E-state index in [1.165, 1.54) is 10.9 Å². The van der Waals surface area contributed by atoms with E-state index in [-0.39, 0.29) is 0 Å². The SMILES string of the molecule is CNC(CC(C)C(C)(C)C)c1ccc(Cl)c2ccccc12. The van der Waals surface area contributed by atoms with Crippen molar-refractivity contribution in [2.75, 3.05) is 7.05 Å². The first kappa shape index (κ1) is 16.3. The van der Waals surface area contributed by atoms with E-state index in [0.29, 0.717) is 17.4 Å². The molecule has 0 heterocycles. The van der Waals surface area contributed by atoms with Gasteiger partial charge in [0, 0.05) is 16.5 Å². The Balaban J connectivity index is 2.42. The molecule has 0 aliphatic rings. The van der Waals surface area contributed by atoms with Gasteiger partial charge in [-0.1, -0.05) is 69.6 Å². The quantitative estimate of drug-likeness (QED) is 0.749. The topological polar surface area (TPSA) is 12.0 Å². The highest BCUT2D eigenvalue weighted by Crippen LogP contribution is 2.36. The number of hydrogen-bond donors (Lipinski definition) is 1. The van der Waals surface area contributed by atoms with Crippen LogP contribution in [0.25, 0.3) is 10.8 Å². The Morgan fingerprint density at radius 3 is 2.24 bits per heavy atom. The van der Waals surface area contributed by atoms with Crippen LogP contribution in [-0.4, -0.2) is 7.05 Å². The summed E-state index contributed by atoms with van der Waals surface area (Å²) in [5.74, 6) is 0.629. The molecule has 21 heavy (non-hydrogen) atoms. The molecular formula is C19H26ClN. The van der Waals surface area contributed by atoms with Gasteiger partial charge >= 0.3 is 0 Å². The minimum Gasteiger partial charge on any atom is -0.313 e. The molecule has 2 unspecified atom stereocenters. The summed E-state index contributed by atoms with van der Waals surface area (Å²) in [5.41, 5.74) is 1.66. The fraction of sp³-hybridized carbons (Fsp3) is 0.474. The molecule has 0 spiro atoms. The standard InChI is InChI=1S/C19H26ClN/c1-13(19(2,3)4)12-18(21-5)16-10-11-17(20)15-9-7-6-8-14(15)16/h6-11,13,18,21H,12H2,1-5H3. The zero-order valence-corrected chi connectivity index (χ0v) is 14.5. The molecule has 2 heteroatoms. The molecule has 0 aliphatic heterocycles. The number of halogens is 1. The maximum atomic E-state index is 6.33. The summed E-state index contributed by atoms with van der Waals surface area (Å²) in [5, 5.41) is 6.71. The fourth-order valence-corrected chi connectivity index (χ4v) is 2.92. The lowest BCUT2D eigenvalue weighted by Crippen LogP contribution is -2.25. The molecule has 0 saturated heterocycles. The van der Waals surface area contributed by atoms with Crippen LogP contribution in [0.5, 0.6) is 0 Å². The van der Waals surface area contributed by atoms with Gasteiger partial charge in [0.2, 0.25) is 0 Å². The molecule has 0 aromatic heterocycles. The third-order valence-corrected chi connectivity index (χ3v) is 5.03. The predicted octanol–water partition coefficient (Wildman–Crippen LogP) is 5.83. The van der Waals surface area contributed by atoms with E-state index in [0.717, 1.165) is 16.8 Å². The molecule has 1 nitrogen and oxygen atoms in total. The second-order valence-electron chi connectivity index (χ2n) is 7.03. The Morgan fingerprint density at radius 1 is 1.05 bits per heavy atom. The van der Waals surface area contributed by atoms with Crippen molar-refractivity contribution in [2.24, 2.45) is 11.3 Å². The van der Waals surface area contributed by atoms with Gasteiger partial charge in [0.15, 0.2) is 0 Å². The molecule has 0 radical (unpaired) electrons. The van der Waals surface area contributed by atoms with Crippen LogP contribution in [0.2, 0.25) is 5.02 Å². The van der Waals surface area contributed by atoms with Crippen LogP contribution >= 0.6 is 11.6 Å². The average molecular weight is 304 g/mol. The van der Waals surface area contributed by atoms with Crippen molar-refractivity contribution >= 4 is 22.4 Å². The van der Waals surface area contributed by atoms with Crippen molar-refractivity contribution in [3.63, 3.8) is 0 Å². The maximum Gasteiger partial charge on any atom is 0.0484 e. The van der Waals surface area contributed by atoms with Crippen molar-refractivity contribution in [3.05, 3.63) is 47.0 Å². The third kappa shape index (κ3) is 3.59. The summed E-state index contributed by atoms with van der Waals surface area (Å²) >= 11 is 6.33. The molecule has 0 amide bonds. The highest BCUT2D eigenvalue weighted by Gasteiger charge is 2.24. The normalized spacial score (nSPS) is 15.1. The van der Waals surface area contributed by atoms with Gasteiger partial charge in [-0.05, 0) is 41.8 Å². The highest BCUT2D eigenvalue weighted by molar-refractivity contribution is 6.35. The van der Waals surface area contributed by atoms with E-state index in [4.69, 9.17) is 11.6 Å². The van der Waals surface area contributed by atoms with Crippen molar-refractivity contribution in [1.29, 1.82) is 0 Å². The van der Waals surface area contributed by atoms with Crippen LogP contribution in [0, 0.1) is 11.3 Å². The molecule has 2 aromatic carbocycles. The number of rotatable bonds is 4. The van der Waals surface area contributed by atoms with Gasteiger partial charge < -0.3 is 5.32 Å². The van der Waals surface area contributed by atoms with E-state index < -0.39 is 0 Å². The number of nitrogens with one attached hydrogen (secondary N) is 1. The molecule has 2 rings (SSSR count). The Kier molecular flexibility index (Phi) is 4.95. The third-order valence-electron chi connectivity index (χ3n) is 4.70. The molecule has 0 aliphatic carbocycles. The summed E-state index contributed by atoms with van der Waals surface area (Å²) in [6, 6.07) is 12.9. The smallest absolute Gasteiger partial charge is 0.0484 e. The van der Waals surface area contributed by atoms with Gasteiger partial charge in [-0.15, -0.1) is 0 Å². The van der Waals surface area contributed by atoms with Gasteiger partial charge in [0.25, 0.3) is 0 Å². The van der Waals surface area contributed by atoms with E-state index >= 15 is 0 Å². The molecule has 0 fully saturated rings. The van der Waals surface area contributed by atoms with Crippen molar-refractivity contribution < 1.29 is 0 Å². The Bertz CT molecular complexity index is 612. The van der Waals surface area contributed by atoms with Gasteiger partial charge in [0.05, 0.1) is 0 Å². The lowest BCUT2D eigenvalue weighted by atomic mass is 9.77. The van der Waals surface area contributed by atoms with Crippen LogP contribution in [0.4, 0.5) is 0 Å². The summed E-state index contributed by atoms with van der Waals surface area (Å²) in [6.07, 6.45) is 1.12. The second-order valence-corrected chi connectivity index (χ2v) is 7.43. The lowest BCUT2D eigenvalue weighted by molar-refractivity contribution is 0.226. The van der Waals surface area contributed by atoms with Crippen LogP contribution in [-0.2, 0) is 0 Å². The Labute approximate surface area is 133 Å². The summed E-state index contributed by atoms with van der Waals surface area (Å²) in [6.45, 7) is 9.27. The largest absolute Gasteiger partial charge is 0.313 e. The number of hydrogen-bond acceptors (Lipinski definition) is 1. The van der Waals surface area contributed by atoms with Gasteiger partial charge in [-0.25, -0.2) is 0 Å². The first-order chi connectivity index (χ1) is 9.84. The van der Waals surface area contributed by atoms with Crippen molar-refractivity contribution in [3.8, 4) is 0 Å². The maximum absolute atomic E-state index is 6.33. The van der Waals surface area contributed by atoms with Crippen LogP contribution in [0.1, 0.15) is 45.7 Å². The lowest BCUT2D eigenvalue weighted by Gasteiger charge is -2.31. The van der Waals surface area contributed by atoms with Crippen LogP contribution in [0.15, 0.2) is 36.4 Å². The Hall–Kier alpha value is -1.05. The summed E-state index contributed by atoms with van der Waals surface area (Å²) < 4.78 is 0. The molecule has 2 aromatic rings. The van der Waals surface area contributed by atoms with E-state index in [2.05, 4.69) is 57.3 Å². The van der Waals surface area contributed by atoms with E-state index in [9.17, 15) is 0 Å². The van der Waals surface area contributed by atoms with Crippen molar-refractivity contribution in [1.82, 2.24) is 5.32 Å². The molecule has 0 saturated carbocycles. The van der Waals surface area contributed by atoms with Gasteiger partial charge in [-0.3, -0.25) is 0 Å². The van der Waals surface area contributed by atoms with Crippen LogP contribution < -0.4 is 5.32 Å². The first-order valence-electron chi connectivity index (χ1n) is 7.69. The number of benzene rings is 2. The fourth-order valence-electron chi connectivity index (χ4n) is 2.70. The monoisotopic (exact) mass is 303 g/mol. The van der Waals surface area contributed by atoms with Crippen molar-refractivity contribution in [2.45, 2.75) is 40.2 Å².